The summed E-state index contributed by atoms with van der Waals surface area (Å²) >= 11 is 0. The average Bonchev–Trinajstić information content (AvgIpc) is 2.80. The van der Waals surface area contributed by atoms with Gasteiger partial charge in [-0.05, 0) is 58.7 Å². The molecule has 30 heavy (non-hydrogen) atoms. The first-order chi connectivity index (χ1) is 14.7. The Hall–Kier alpha value is -3.98. The van der Waals surface area contributed by atoms with Gasteiger partial charge in [-0.1, -0.05) is 60.7 Å². The highest BCUT2D eigenvalue weighted by atomic mass is 19.1. The topological polar surface area (TPSA) is 32.9 Å². The summed E-state index contributed by atoms with van der Waals surface area (Å²) in [6.45, 7) is 0. The van der Waals surface area contributed by atoms with Crippen LogP contribution in [-0.4, -0.2) is 4.98 Å². The predicted molar refractivity (Wildman–Crippen MR) is 121 cm³/mol. The lowest BCUT2D eigenvalue weighted by molar-refractivity contribution is 0.628. The Morgan fingerprint density at radius 1 is 0.600 bits per heavy atom. The van der Waals surface area contributed by atoms with Gasteiger partial charge in [-0.3, -0.25) is 4.79 Å². The maximum absolute atomic E-state index is 13.4. The lowest BCUT2D eigenvalue weighted by atomic mass is 9.95. The zero-order valence-electron chi connectivity index (χ0n) is 16.1. The molecular formula is C27H18FNO. The maximum atomic E-state index is 13.4. The van der Waals surface area contributed by atoms with Crippen molar-refractivity contribution in [2.24, 2.45) is 0 Å². The van der Waals surface area contributed by atoms with Gasteiger partial charge in [0.05, 0.1) is 5.52 Å². The van der Waals surface area contributed by atoms with Crippen molar-refractivity contribution < 1.29 is 4.39 Å². The lowest BCUT2D eigenvalue weighted by Crippen LogP contribution is -2.04. The summed E-state index contributed by atoms with van der Waals surface area (Å²) in [5.41, 5.74) is 6.14. The van der Waals surface area contributed by atoms with E-state index in [1.807, 2.05) is 66.7 Å². The molecule has 144 valence electrons. The fraction of sp³-hybridized carbons (Fsp3) is 0. The summed E-state index contributed by atoms with van der Waals surface area (Å²) in [6.07, 6.45) is 0. The summed E-state index contributed by atoms with van der Waals surface area (Å²) in [7, 11) is 0. The van der Waals surface area contributed by atoms with Crippen LogP contribution in [0, 0.1) is 5.82 Å². The fourth-order valence-electron chi connectivity index (χ4n) is 3.78. The number of nitrogens with one attached hydrogen (secondary N) is 1. The van der Waals surface area contributed by atoms with E-state index in [1.54, 1.807) is 18.2 Å². The van der Waals surface area contributed by atoms with E-state index < -0.39 is 0 Å². The van der Waals surface area contributed by atoms with Gasteiger partial charge < -0.3 is 4.98 Å². The molecule has 5 aromatic rings. The summed E-state index contributed by atoms with van der Waals surface area (Å²) in [6, 6.07) is 31.8. The van der Waals surface area contributed by atoms with Crippen molar-refractivity contribution in [3.63, 3.8) is 0 Å². The zero-order valence-corrected chi connectivity index (χ0v) is 16.1. The van der Waals surface area contributed by atoms with Crippen LogP contribution in [0.5, 0.6) is 0 Å². The van der Waals surface area contributed by atoms with E-state index in [9.17, 15) is 9.18 Å². The summed E-state index contributed by atoms with van der Waals surface area (Å²) in [4.78, 5) is 16.5. The lowest BCUT2D eigenvalue weighted by Gasteiger charge is -2.13. The van der Waals surface area contributed by atoms with Crippen LogP contribution in [0.1, 0.15) is 0 Å². The average molecular weight is 391 g/mol. The SMILES string of the molecule is O=c1cc(-c2ccc(F)cc2)[nH]c2c(-c3ccccc3)cc(-c3ccccc3)cc12. The van der Waals surface area contributed by atoms with Gasteiger partial charge in [0, 0.05) is 22.7 Å². The first kappa shape index (κ1) is 18.1. The molecule has 0 aliphatic heterocycles. The van der Waals surface area contributed by atoms with Crippen LogP contribution in [0.4, 0.5) is 4.39 Å². The highest BCUT2D eigenvalue weighted by molar-refractivity contribution is 5.98. The zero-order chi connectivity index (χ0) is 20.5. The van der Waals surface area contributed by atoms with Gasteiger partial charge in [0.2, 0.25) is 0 Å². The number of aromatic amines is 1. The molecule has 0 aliphatic carbocycles. The van der Waals surface area contributed by atoms with Crippen LogP contribution >= 0.6 is 0 Å². The number of halogens is 1. The molecule has 0 saturated carbocycles. The molecule has 1 aromatic heterocycles. The van der Waals surface area contributed by atoms with Crippen molar-refractivity contribution in [3.8, 4) is 33.5 Å². The van der Waals surface area contributed by atoms with Crippen molar-refractivity contribution in [1.82, 2.24) is 4.98 Å². The number of aromatic nitrogens is 1. The summed E-state index contributed by atoms with van der Waals surface area (Å²) < 4.78 is 13.4. The standard InChI is InChI=1S/C27H18FNO/c28-22-13-11-20(12-14-22)25-17-26(30)24-16-21(18-7-3-1-4-8-18)15-23(27(24)29-25)19-9-5-2-6-10-19/h1-17H,(H,29,30). The Morgan fingerprint density at radius 3 is 1.90 bits per heavy atom. The second kappa shape index (κ2) is 7.45. The molecule has 0 aliphatic rings. The van der Waals surface area contributed by atoms with Crippen molar-refractivity contribution in [2.45, 2.75) is 0 Å². The number of hydrogen-bond donors (Lipinski definition) is 1. The molecule has 5 rings (SSSR count). The minimum Gasteiger partial charge on any atom is -0.354 e. The smallest absolute Gasteiger partial charge is 0.190 e. The van der Waals surface area contributed by atoms with Gasteiger partial charge in [-0.25, -0.2) is 4.39 Å². The molecule has 0 unspecified atom stereocenters. The van der Waals surface area contributed by atoms with Gasteiger partial charge in [0.1, 0.15) is 5.82 Å². The molecule has 0 radical (unpaired) electrons. The van der Waals surface area contributed by atoms with Crippen LogP contribution in [-0.2, 0) is 0 Å². The number of fused-ring (bicyclic) bond motifs is 1. The molecule has 0 fully saturated rings. The molecule has 0 saturated heterocycles. The van der Waals surface area contributed by atoms with E-state index in [0.717, 1.165) is 33.3 Å². The largest absolute Gasteiger partial charge is 0.354 e. The van der Waals surface area contributed by atoms with E-state index in [4.69, 9.17) is 0 Å². The van der Waals surface area contributed by atoms with Gasteiger partial charge in [0.15, 0.2) is 5.43 Å². The minimum atomic E-state index is -0.306. The third-order valence-electron chi connectivity index (χ3n) is 5.29. The van der Waals surface area contributed by atoms with Crippen LogP contribution < -0.4 is 5.43 Å². The van der Waals surface area contributed by atoms with E-state index >= 15 is 0 Å². The molecule has 0 amide bonds. The Labute approximate surface area is 173 Å². The molecule has 0 atom stereocenters. The molecule has 2 nitrogen and oxygen atoms in total. The molecular weight excluding hydrogens is 373 g/mol. The highest BCUT2D eigenvalue weighted by Gasteiger charge is 2.13. The van der Waals surface area contributed by atoms with Gasteiger partial charge >= 0.3 is 0 Å². The monoisotopic (exact) mass is 391 g/mol. The Balaban J connectivity index is 1.82. The maximum Gasteiger partial charge on any atom is 0.190 e. The normalized spacial score (nSPS) is 11.0. The van der Waals surface area contributed by atoms with Gasteiger partial charge in [-0.15, -0.1) is 0 Å². The van der Waals surface area contributed by atoms with Crippen molar-refractivity contribution in [3.05, 3.63) is 119 Å². The molecule has 1 heterocycles. The van der Waals surface area contributed by atoms with E-state index in [0.29, 0.717) is 11.1 Å². The quantitative estimate of drug-likeness (QED) is 0.366. The third-order valence-corrected chi connectivity index (χ3v) is 5.29. The Kier molecular flexibility index (Phi) is 4.49. The fourth-order valence-corrected chi connectivity index (χ4v) is 3.78. The van der Waals surface area contributed by atoms with Gasteiger partial charge in [-0.2, -0.15) is 0 Å². The second-order valence-electron chi connectivity index (χ2n) is 7.23. The molecule has 4 aromatic carbocycles. The van der Waals surface area contributed by atoms with Crippen LogP contribution in [0.15, 0.2) is 108 Å². The first-order valence-corrected chi connectivity index (χ1v) is 9.77. The van der Waals surface area contributed by atoms with Crippen molar-refractivity contribution in [2.75, 3.05) is 0 Å². The molecule has 1 N–H and O–H groups in total. The summed E-state index contributed by atoms with van der Waals surface area (Å²) in [5, 5.41) is 0.626. The van der Waals surface area contributed by atoms with Crippen molar-refractivity contribution >= 4 is 10.9 Å². The number of benzene rings is 4. The summed E-state index contributed by atoms with van der Waals surface area (Å²) in [5.74, 6) is -0.306. The van der Waals surface area contributed by atoms with Crippen molar-refractivity contribution in [1.29, 1.82) is 0 Å². The molecule has 0 spiro atoms. The van der Waals surface area contributed by atoms with E-state index in [-0.39, 0.29) is 11.2 Å². The molecule has 0 bridgehead atoms. The Morgan fingerprint density at radius 2 is 1.23 bits per heavy atom. The number of pyridine rings is 1. The van der Waals surface area contributed by atoms with Gasteiger partial charge in [0.25, 0.3) is 0 Å². The highest BCUT2D eigenvalue weighted by Crippen LogP contribution is 2.33. The third kappa shape index (κ3) is 3.31. The number of rotatable bonds is 3. The molecule has 3 heteroatoms. The second-order valence-corrected chi connectivity index (χ2v) is 7.23. The van der Waals surface area contributed by atoms with E-state index in [1.165, 1.54) is 12.1 Å². The predicted octanol–water partition coefficient (Wildman–Crippen LogP) is 6.67. The number of H-pyrrole nitrogens is 1. The minimum absolute atomic E-state index is 0.0713. The first-order valence-electron chi connectivity index (χ1n) is 9.77. The number of hydrogen-bond acceptors (Lipinski definition) is 1. The van der Waals surface area contributed by atoms with Crippen LogP contribution in [0.25, 0.3) is 44.4 Å². The van der Waals surface area contributed by atoms with E-state index in [2.05, 4.69) is 11.1 Å². The van der Waals surface area contributed by atoms with Crippen LogP contribution in [0.3, 0.4) is 0 Å². The van der Waals surface area contributed by atoms with Crippen LogP contribution in [0.2, 0.25) is 0 Å². The Bertz CT molecular complexity index is 1390.